The Labute approximate surface area is 221 Å². The van der Waals surface area contributed by atoms with E-state index in [1.165, 1.54) is 6.07 Å². The number of sulfonamides is 1. The highest BCUT2D eigenvalue weighted by atomic mass is 35.5. The average Bonchev–Trinajstić information content (AvgIpc) is 3.35. The van der Waals surface area contributed by atoms with E-state index in [1.807, 2.05) is 49.4 Å². The van der Waals surface area contributed by atoms with Crippen LogP contribution in [0, 0.1) is 18.3 Å². The predicted molar refractivity (Wildman–Crippen MR) is 145 cm³/mol. The van der Waals surface area contributed by atoms with Crippen molar-refractivity contribution in [3.63, 3.8) is 0 Å². The summed E-state index contributed by atoms with van der Waals surface area (Å²) in [5, 5.41) is 14.5. The zero-order chi connectivity index (χ0) is 26.6. The molecule has 1 aromatic heterocycles. The first kappa shape index (κ1) is 26.4. The average molecular weight is 535 g/mol. The number of hydrogen-bond donors (Lipinski definition) is 2. The minimum Gasteiger partial charge on any atom is -0.351 e. The second kappa shape index (κ2) is 11.2. The molecular weight excluding hydrogens is 508 g/mol. The van der Waals surface area contributed by atoms with Crippen molar-refractivity contribution in [3.8, 4) is 6.07 Å². The Morgan fingerprint density at radius 2 is 1.81 bits per heavy atom. The molecule has 37 heavy (non-hydrogen) atoms. The van der Waals surface area contributed by atoms with E-state index in [0.29, 0.717) is 11.3 Å². The van der Waals surface area contributed by atoms with Crippen molar-refractivity contribution in [2.45, 2.75) is 43.8 Å². The van der Waals surface area contributed by atoms with Crippen molar-refractivity contribution in [2.75, 3.05) is 0 Å². The third kappa shape index (κ3) is 6.03. The highest BCUT2D eigenvalue weighted by molar-refractivity contribution is 7.89. The van der Waals surface area contributed by atoms with Crippen LogP contribution < -0.4 is 10.0 Å². The number of nitrogens with one attached hydrogen (secondary N) is 2. The fraction of sp³-hybridized carbons (Fsp3) is 0.214. The quantitative estimate of drug-likeness (QED) is 0.312. The molecule has 1 amide bonds. The van der Waals surface area contributed by atoms with Gasteiger partial charge in [-0.3, -0.25) is 4.79 Å². The van der Waals surface area contributed by atoms with Crippen LogP contribution >= 0.6 is 11.6 Å². The van der Waals surface area contributed by atoms with Gasteiger partial charge in [0.25, 0.3) is 0 Å². The first-order valence-corrected chi connectivity index (χ1v) is 13.7. The number of fused-ring (bicyclic) bond motifs is 1. The summed E-state index contributed by atoms with van der Waals surface area (Å²) >= 11 is 6.23. The number of nitriles is 1. The van der Waals surface area contributed by atoms with E-state index >= 15 is 0 Å². The number of hydrogen-bond acceptors (Lipinski definition) is 4. The van der Waals surface area contributed by atoms with Crippen molar-refractivity contribution in [1.82, 2.24) is 14.6 Å². The van der Waals surface area contributed by atoms with E-state index < -0.39 is 22.0 Å². The maximum Gasteiger partial charge on any atom is 0.243 e. The molecule has 9 heteroatoms. The SMILES string of the molecule is Cc1cccc(Cl)c1S(=O)(=O)NC(CC(C)n1cccc1C#N)C(=O)NCc1ccc2ccccc2c1. The molecule has 4 rings (SSSR count). The number of rotatable bonds is 9. The molecule has 0 aliphatic heterocycles. The van der Waals surface area contributed by atoms with Gasteiger partial charge in [0.2, 0.25) is 15.9 Å². The number of aryl methyl sites for hydroxylation is 1. The summed E-state index contributed by atoms with van der Waals surface area (Å²) < 4.78 is 31.0. The molecule has 0 spiro atoms. The Bertz CT molecular complexity index is 1570. The minimum absolute atomic E-state index is 0.0599. The largest absolute Gasteiger partial charge is 0.351 e. The van der Waals surface area contributed by atoms with Crippen LogP contribution in [0.1, 0.15) is 36.2 Å². The topological polar surface area (TPSA) is 104 Å². The van der Waals surface area contributed by atoms with Gasteiger partial charge in [0.05, 0.1) is 5.02 Å². The van der Waals surface area contributed by atoms with Crippen molar-refractivity contribution in [1.29, 1.82) is 5.26 Å². The maximum atomic E-state index is 13.4. The van der Waals surface area contributed by atoms with Crippen LogP contribution in [-0.4, -0.2) is 24.9 Å². The van der Waals surface area contributed by atoms with Gasteiger partial charge in [0.15, 0.2) is 0 Å². The lowest BCUT2D eigenvalue weighted by atomic mass is 10.1. The summed E-state index contributed by atoms with van der Waals surface area (Å²) in [7, 11) is -4.12. The second-order valence-corrected chi connectivity index (χ2v) is 11.0. The third-order valence-corrected chi connectivity index (χ3v) is 8.37. The van der Waals surface area contributed by atoms with E-state index in [0.717, 1.165) is 16.3 Å². The van der Waals surface area contributed by atoms with Crippen LogP contribution in [0.5, 0.6) is 0 Å². The summed E-state index contributed by atoms with van der Waals surface area (Å²) in [6.45, 7) is 3.71. The van der Waals surface area contributed by atoms with Crippen LogP contribution in [0.4, 0.5) is 0 Å². The summed E-state index contributed by atoms with van der Waals surface area (Å²) in [5.41, 5.74) is 1.79. The lowest BCUT2D eigenvalue weighted by Gasteiger charge is -2.24. The van der Waals surface area contributed by atoms with Gasteiger partial charge in [-0.05, 0) is 66.4 Å². The molecule has 0 saturated heterocycles. The summed E-state index contributed by atoms with van der Waals surface area (Å²) in [5.74, 6) is -0.473. The number of aromatic nitrogens is 1. The van der Waals surface area contributed by atoms with Gasteiger partial charge in [-0.1, -0.05) is 60.1 Å². The molecule has 0 aliphatic rings. The van der Waals surface area contributed by atoms with Gasteiger partial charge in [-0.25, -0.2) is 8.42 Å². The normalized spacial score (nSPS) is 13.1. The van der Waals surface area contributed by atoms with E-state index in [-0.39, 0.29) is 28.9 Å². The van der Waals surface area contributed by atoms with E-state index in [4.69, 9.17) is 11.6 Å². The lowest BCUT2D eigenvalue weighted by molar-refractivity contribution is -0.123. The maximum absolute atomic E-state index is 13.4. The van der Waals surface area contributed by atoms with Gasteiger partial charge in [0, 0.05) is 18.8 Å². The predicted octanol–water partition coefficient (Wildman–Crippen LogP) is 5.09. The number of amides is 1. The molecule has 0 aliphatic carbocycles. The standard InChI is InChI=1S/C28H27ClN4O3S/c1-19-7-5-11-25(29)27(19)37(35,36)32-26(15-20(2)33-14-6-10-24(33)17-30)28(34)31-18-21-12-13-22-8-3-4-9-23(22)16-21/h3-14,16,20,26,32H,15,18H2,1-2H3,(H,31,34). The van der Waals surface area contributed by atoms with Crippen LogP contribution in [0.15, 0.2) is 83.9 Å². The van der Waals surface area contributed by atoms with Crippen molar-refractivity contribution in [2.24, 2.45) is 0 Å². The zero-order valence-electron chi connectivity index (χ0n) is 20.5. The molecule has 2 unspecified atom stereocenters. The molecule has 190 valence electrons. The van der Waals surface area contributed by atoms with Crippen LogP contribution in [-0.2, 0) is 21.4 Å². The molecule has 0 radical (unpaired) electrons. The number of carbonyl (C=O) groups excluding carboxylic acids is 1. The molecule has 4 aromatic rings. The molecule has 2 atom stereocenters. The third-order valence-electron chi connectivity index (χ3n) is 6.27. The molecule has 3 aromatic carbocycles. The van der Waals surface area contributed by atoms with Crippen LogP contribution in [0.3, 0.4) is 0 Å². The monoisotopic (exact) mass is 534 g/mol. The smallest absolute Gasteiger partial charge is 0.243 e. The fourth-order valence-corrected chi connectivity index (χ4v) is 6.44. The minimum atomic E-state index is -4.12. The van der Waals surface area contributed by atoms with Crippen molar-refractivity contribution in [3.05, 3.63) is 101 Å². The Balaban J connectivity index is 1.59. The van der Waals surface area contributed by atoms with Gasteiger partial charge in [0.1, 0.15) is 22.7 Å². The van der Waals surface area contributed by atoms with Gasteiger partial charge in [-0.15, -0.1) is 0 Å². The number of halogens is 1. The number of benzene rings is 3. The second-order valence-electron chi connectivity index (χ2n) is 8.96. The Morgan fingerprint density at radius 1 is 1.05 bits per heavy atom. The van der Waals surface area contributed by atoms with Crippen molar-refractivity contribution < 1.29 is 13.2 Å². The van der Waals surface area contributed by atoms with Crippen LogP contribution in [0.2, 0.25) is 5.02 Å². The highest BCUT2D eigenvalue weighted by Gasteiger charge is 2.30. The molecule has 7 nitrogen and oxygen atoms in total. The Kier molecular flexibility index (Phi) is 7.98. The van der Waals surface area contributed by atoms with E-state index in [2.05, 4.69) is 16.1 Å². The van der Waals surface area contributed by atoms with E-state index in [1.54, 1.807) is 42.0 Å². The summed E-state index contributed by atoms with van der Waals surface area (Å²) in [4.78, 5) is 13.3. The Hall–Kier alpha value is -3.64. The molecule has 1 heterocycles. The van der Waals surface area contributed by atoms with Gasteiger partial charge >= 0.3 is 0 Å². The lowest BCUT2D eigenvalue weighted by Crippen LogP contribution is -2.47. The first-order valence-electron chi connectivity index (χ1n) is 11.8. The van der Waals surface area contributed by atoms with Crippen molar-refractivity contribution >= 4 is 38.3 Å². The zero-order valence-corrected chi connectivity index (χ0v) is 22.1. The summed E-state index contributed by atoms with van der Waals surface area (Å²) in [6, 6.07) is 22.7. The fourth-order valence-electron chi connectivity index (χ4n) is 4.40. The van der Waals surface area contributed by atoms with Gasteiger partial charge in [-0.2, -0.15) is 9.98 Å². The van der Waals surface area contributed by atoms with E-state index in [9.17, 15) is 18.5 Å². The van der Waals surface area contributed by atoms with Gasteiger partial charge < -0.3 is 9.88 Å². The number of nitrogens with zero attached hydrogens (tertiary/aromatic N) is 2. The highest BCUT2D eigenvalue weighted by Crippen LogP contribution is 2.26. The number of carbonyl (C=O) groups is 1. The molecule has 0 bridgehead atoms. The first-order chi connectivity index (χ1) is 17.7. The molecular formula is C28H27ClN4O3S. The molecule has 0 saturated carbocycles. The molecule has 0 fully saturated rings. The Morgan fingerprint density at radius 3 is 2.54 bits per heavy atom. The van der Waals surface area contributed by atoms with Crippen LogP contribution in [0.25, 0.3) is 10.8 Å². The molecule has 2 N–H and O–H groups in total. The summed E-state index contributed by atoms with van der Waals surface area (Å²) in [6.07, 6.45) is 1.86.